The van der Waals surface area contributed by atoms with Gasteiger partial charge in [0, 0.05) is 19.5 Å². The van der Waals surface area contributed by atoms with E-state index in [9.17, 15) is 23.1 Å². The van der Waals surface area contributed by atoms with Crippen LogP contribution in [-0.2, 0) is 14.8 Å². The molecule has 0 aliphatic heterocycles. The molecule has 9 heteroatoms. The third kappa shape index (κ3) is 5.02. The van der Waals surface area contributed by atoms with E-state index < -0.39 is 35.0 Å². The van der Waals surface area contributed by atoms with E-state index in [1.54, 1.807) is 62.4 Å². The van der Waals surface area contributed by atoms with Crippen LogP contribution in [0.2, 0.25) is 0 Å². The average Bonchev–Trinajstić information content (AvgIpc) is 3.32. The van der Waals surface area contributed by atoms with Gasteiger partial charge in [0.15, 0.2) is 5.76 Å². The number of para-hydroxylation sites is 1. The molecule has 186 valence electrons. The quantitative estimate of drug-likeness (QED) is 0.343. The number of aliphatic carboxylic acids is 1. The number of carbonyl (C=O) groups is 2. The molecule has 0 aliphatic rings. The lowest BCUT2D eigenvalue weighted by molar-refractivity contribution is -0.142. The van der Waals surface area contributed by atoms with E-state index >= 15 is 0 Å². The zero-order valence-corrected chi connectivity index (χ0v) is 20.5. The van der Waals surface area contributed by atoms with Crippen molar-refractivity contribution in [3.05, 3.63) is 84.6 Å². The number of carboxylic acids is 1. The number of amides is 1. The Bertz CT molecular complexity index is 1500. The first-order chi connectivity index (χ1) is 17.6. The highest BCUT2D eigenvalue weighted by Crippen LogP contribution is 2.26. The highest BCUT2D eigenvalue weighted by molar-refractivity contribution is 7.89. The Morgan fingerprint density at radius 2 is 1.58 bits per heavy atom. The summed E-state index contributed by atoms with van der Waals surface area (Å²) in [6.45, 7) is 3.20. The molecular weight excluding hydrogens is 480 g/mol. The van der Waals surface area contributed by atoms with Crippen LogP contribution in [-0.4, -0.2) is 42.8 Å². The minimum absolute atomic E-state index is 0.0925. The van der Waals surface area contributed by atoms with Crippen molar-refractivity contribution < 1.29 is 28.9 Å². The first-order valence-corrected chi connectivity index (χ1v) is 12.6. The molecule has 8 nitrogen and oxygen atoms in total. The van der Waals surface area contributed by atoms with Gasteiger partial charge in [-0.15, -0.1) is 0 Å². The summed E-state index contributed by atoms with van der Waals surface area (Å²) in [6.07, 6.45) is 0. The number of carboxylic acid groups (broad SMARTS) is 1. The molecule has 0 bridgehead atoms. The molecule has 0 spiro atoms. The van der Waals surface area contributed by atoms with Gasteiger partial charge in [0.25, 0.3) is 5.91 Å². The summed E-state index contributed by atoms with van der Waals surface area (Å²) in [4.78, 5) is 24.1. The standard InChI is InChI=1S/C27H26N2O6S/c1-17(2)25(27(31)32)29(3)36(33,34)22-14-10-19(11-15-22)18-8-12-21(13-9-18)28-26(30)24-16-20-6-4-5-7-23(20)35-24/h4-17,25H,1-3H3,(H,28,30)(H,31,32)/t25-/m0/s1/i3D. The molecule has 0 unspecified atom stereocenters. The summed E-state index contributed by atoms with van der Waals surface area (Å²) < 4.78 is 40.1. The molecule has 0 radical (unpaired) electrons. The maximum absolute atomic E-state index is 13.1. The summed E-state index contributed by atoms with van der Waals surface area (Å²) in [6, 6.07) is 20.7. The lowest BCUT2D eigenvalue weighted by Gasteiger charge is -2.27. The van der Waals surface area contributed by atoms with Gasteiger partial charge in [0.2, 0.25) is 10.0 Å². The van der Waals surface area contributed by atoms with Gasteiger partial charge in [-0.1, -0.05) is 56.3 Å². The maximum Gasteiger partial charge on any atom is 0.322 e. The molecule has 2 N–H and O–H groups in total. The average molecular weight is 508 g/mol. The molecule has 0 saturated heterocycles. The van der Waals surface area contributed by atoms with Crippen LogP contribution < -0.4 is 5.32 Å². The normalized spacial score (nSPS) is 13.1. The number of rotatable bonds is 8. The van der Waals surface area contributed by atoms with Gasteiger partial charge in [0.05, 0.1) is 4.90 Å². The highest BCUT2D eigenvalue weighted by Gasteiger charge is 2.34. The van der Waals surface area contributed by atoms with Crippen molar-refractivity contribution in [1.82, 2.24) is 4.31 Å². The number of furan rings is 1. The minimum atomic E-state index is -4.19. The summed E-state index contributed by atoms with van der Waals surface area (Å²) in [7, 11) is -4.90. The Morgan fingerprint density at radius 3 is 2.14 bits per heavy atom. The van der Waals surface area contributed by atoms with Gasteiger partial charge < -0.3 is 14.8 Å². The smallest absolute Gasteiger partial charge is 0.322 e. The van der Waals surface area contributed by atoms with Gasteiger partial charge in [0.1, 0.15) is 11.6 Å². The van der Waals surface area contributed by atoms with E-state index in [4.69, 9.17) is 5.79 Å². The van der Waals surface area contributed by atoms with Crippen LogP contribution in [0.15, 0.2) is 88.2 Å². The zero-order valence-electron chi connectivity index (χ0n) is 20.7. The van der Waals surface area contributed by atoms with Crippen molar-refractivity contribution in [2.45, 2.75) is 24.8 Å². The lowest BCUT2D eigenvalue weighted by atomic mass is 10.1. The maximum atomic E-state index is 13.1. The van der Waals surface area contributed by atoms with Gasteiger partial charge in [-0.25, -0.2) is 8.42 Å². The highest BCUT2D eigenvalue weighted by atomic mass is 32.2. The molecule has 3 aromatic carbocycles. The Labute approximate surface area is 210 Å². The molecule has 1 atom stereocenters. The van der Waals surface area contributed by atoms with Crippen LogP contribution >= 0.6 is 0 Å². The largest absolute Gasteiger partial charge is 0.480 e. The molecular formula is C27H26N2O6S. The van der Waals surface area contributed by atoms with Crippen molar-refractivity contribution in [3.63, 3.8) is 0 Å². The number of carbonyl (C=O) groups excluding carboxylic acids is 1. The number of likely N-dealkylation sites (N-methyl/N-ethyl adjacent to an activating group) is 1. The number of hydrogen-bond acceptors (Lipinski definition) is 5. The third-order valence-electron chi connectivity index (χ3n) is 5.78. The summed E-state index contributed by atoms with van der Waals surface area (Å²) in [5.74, 6) is -1.98. The topological polar surface area (TPSA) is 117 Å². The van der Waals surface area contributed by atoms with Gasteiger partial charge in [-0.3, -0.25) is 9.59 Å². The van der Waals surface area contributed by atoms with Crippen LogP contribution in [0.1, 0.15) is 25.8 Å². The fourth-order valence-corrected chi connectivity index (χ4v) is 5.26. The van der Waals surface area contributed by atoms with Crippen LogP contribution in [0.4, 0.5) is 5.69 Å². The molecule has 0 saturated carbocycles. The number of hydrogen-bond donors (Lipinski definition) is 2. The van der Waals surface area contributed by atoms with E-state index in [1.807, 2.05) is 18.2 Å². The van der Waals surface area contributed by atoms with Crippen molar-refractivity contribution in [3.8, 4) is 11.1 Å². The van der Waals surface area contributed by atoms with E-state index in [2.05, 4.69) is 5.32 Å². The fraction of sp³-hybridized carbons (Fsp3) is 0.185. The third-order valence-corrected chi connectivity index (χ3v) is 7.49. The first kappa shape index (κ1) is 23.8. The number of nitrogens with zero attached hydrogens (tertiary/aromatic N) is 1. The second kappa shape index (κ2) is 9.96. The summed E-state index contributed by atoms with van der Waals surface area (Å²) >= 11 is 0. The Morgan fingerprint density at radius 1 is 0.972 bits per heavy atom. The van der Waals surface area contributed by atoms with Gasteiger partial charge in [-0.2, -0.15) is 4.31 Å². The van der Waals surface area contributed by atoms with E-state index in [-0.39, 0.29) is 16.6 Å². The molecule has 0 fully saturated rings. The Hall–Kier alpha value is -3.95. The number of nitrogens with one attached hydrogen (secondary N) is 1. The first-order valence-electron chi connectivity index (χ1n) is 11.9. The molecule has 4 rings (SSSR count). The second-order valence-corrected chi connectivity index (χ2v) is 10.5. The lowest BCUT2D eigenvalue weighted by Crippen LogP contribution is -2.45. The zero-order chi connectivity index (χ0) is 26.7. The summed E-state index contributed by atoms with van der Waals surface area (Å²) in [5.41, 5.74) is 2.70. The Kier molecular flexibility index (Phi) is 6.58. The van der Waals surface area contributed by atoms with Crippen LogP contribution in [0.3, 0.4) is 0 Å². The van der Waals surface area contributed by atoms with E-state index in [1.165, 1.54) is 12.1 Å². The molecule has 4 aromatic rings. The van der Waals surface area contributed by atoms with Gasteiger partial charge in [-0.05, 0) is 53.4 Å². The number of fused-ring (bicyclic) bond motifs is 1. The van der Waals surface area contributed by atoms with Crippen LogP contribution in [0.5, 0.6) is 0 Å². The molecule has 0 aliphatic carbocycles. The monoisotopic (exact) mass is 507 g/mol. The van der Waals surface area contributed by atoms with Crippen LogP contribution in [0, 0.1) is 5.92 Å². The molecule has 1 heterocycles. The second-order valence-electron chi connectivity index (χ2n) is 8.62. The fourth-order valence-electron chi connectivity index (χ4n) is 3.88. The minimum Gasteiger partial charge on any atom is -0.480 e. The van der Waals surface area contributed by atoms with E-state index in [0.29, 0.717) is 15.6 Å². The van der Waals surface area contributed by atoms with Crippen molar-refractivity contribution in [2.75, 3.05) is 12.3 Å². The van der Waals surface area contributed by atoms with E-state index in [0.717, 1.165) is 16.5 Å². The van der Waals surface area contributed by atoms with Crippen molar-refractivity contribution >= 4 is 38.6 Å². The SMILES string of the molecule is [2H]CN([C@H](C(=O)O)C(C)C)S(=O)(=O)c1ccc(-c2ccc(NC(=O)c3cc4ccccc4o3)cc2)cc1. The number of benzene rings is 3. The van der Waals surface area contributed by atoms with Crippen molar-refractivity contribution in [1.29, 1.82) is 0 Å². The van der Waals surface area contributed by atoms with Crippen molar-refractivity contribution in [2.24, 2.45) is 5.92 Å². The number of anilines is 1. The molecule has 1 aromatic heterocycles. The van der Waals surface area contributed by atoms with Gasteiger partial charge >= 0.3 is 5.97 Å². The predicted molar refractivity (Wildman–Crippen MR) is 137 cm³/mol. The predicted octanol–water partition coefficient (Wildman–Crippen LogP) is 5.08. The molecule has 1 amide bonds. The Balaban J connectivity index is 1.49. The van der Waals surface area contributed by atoms with Crippen LogP contribution in [0.25, 0.3) is 22.1 Å². The number of sulfonamides is 1. The molecule has 36 heavy (non-hydrogen) atoms. The summed E-state index contributed by atoms with van der Waals surface area (Å²) in [5, 5.41) is 13.1.